The molecule has 0 heterocycles. The number of aryl methyl sites for hydroxylation is 1. The van der Waals surface area contributed by atoms with E-state index in [1.54, 1.807) is 14.2 Å². The molecule has 1 N–H and O–H groups in total. The van der Waals surface area contributed by atoms with Crippen molar-refractivity contribution in [2.75, 3.05) is 14.2 Å². The fourth-order valence-corrected chi connectivity index (χ4v) is 2.04. The number of aliphatic hydroxyl groups is 1. The van der Waals surface area contributed by atoms with E-state index in [0.717, 1.165) is 19.3 Å². The van der Waals surface area contributed by atoms with Gasteiger partial charge in [-0.1, -0.05) is 30.3 Å². The van der Waals surface area contributed by atoms with E-state index in [4.69, 9.17) is 9.47 Å². The van der Waals surface area contributed by atoms with Gasteiger partial charge in [0.25, 0.3) is 0 Å². The average molecular weight is 252 g/mol. The highest BCUT2D eigenvalue weighted by molar-refractivity contribution is 5.14. The highest BCUT2D eigenvalue weighted by atomic mass is 16.7. The molecule has 0 spiro atoms. The molecule has 1 aromatic rings. The van der Waals surface area contributed by atoms with Crippen LogP contribution < -0.4 is 0 Å². The van der Waals surface area contributed by atoms with Crippen LogP contribution in [0.2, 0.25) is 0 Å². The van der Waals surface area contributed by atoms with Crippen LogP contribution in [-0.4, -0.2) is 31.2 Å². The van der Waals surface area contributed by atoms with Crippen molar-refractivity contribution in [1.82, 2.24) is 0 Å². The highest BCUT2D eigenvalue weighted by Gasteiger charge is 2.24. The van der Waals surface area contributed by atoms with Gasteiger partial charge in [0.05, 0.1) is 5.60 Å². The van der Waals surface area contributed by atoms with E-state index in [-0.39, 0.29) is 6.29 Å². The predicted molar refractivity (Wildman–Crippen MR) is 72.4 cm³/mol. The summed E-state index contributed by atoms with van der Waals surface area (Å²) >= 11 is 0. The molecule has 1 unspecified atom stereocenters. The van der Waals surface area contributed by atoms with Crippen molar-refractivity contribution >= 4 is 0 Å². The first kappa shape index (κ1) is 15.2. The van der Waals surface area contributed by atoms with Gasteiger partial charge in [0.15, 0.2) is 6.29 Å². The minimum atomic E-state index is -0.745. The van der Waals surface area contributed by atoms with Crippen molar-refractivity contribution < 1.29 is 14.6 Å². The second-order valence-electron chi connectivity index (χ2n) is 4.94. The molecule has 0 saturated heterocycles. The zero-order valence-electron chi connectivity index (χ0n) is 11.6. The van der Waals surface area contributed by atoms with Gasteiger partial charge in [-0.3, -0.25) is 0 Å². The molecule has 0 aliphatic carbocycles. The summed E-state index contributed by atoms with van der Waals surface area (Å²) in [5, 5.41) is 10.3. The summed E-state index contributed by atoms with van der Waals surface area (Å²) in [7, 11) is 3.18. The Balaban J connectivity index is 2.33. The topological polar surface area (TPSA) is 38.7 Å². The summed E-state index contributed by atoms with van der Waals surface area (Å²) in [6.45, 7) is 1.84. The second kappa shape index (κ2) is 7.52. The molecule has 1 aromatic carbocycles. The summed E-state index contributed by atoms with van der Waals surface area (Å²) in [6.07, 6.45) is 2.84. The van der Waals surface area contributed by atoms with Gasteiger partial charge in [0.2, 0.25) is 0 Å². The molecule has 3 heteroatoms. The molecule has 0 radical (unpaired) electrons. The van der Waals surface area contributed by atoms with E-state index in [1.165, 1.54) is 5.56 Å². The van der Waals surface area contributed by atoms with Crippen molar-refractivity contribution in [2.24, 2.45) is 0 Å². The molecular weight excluding hydrogens is 228 g/mol. The Kier molecular flexibility index (Phi) is 6.33. The fourth-order valence-electron chi connectivity index (χ4n) is 2.04. The molecule has 0 aliphatic rings. The fraction of sp³-hybridized carbons (Fsp3) is 0.600. The normalized spacial score (nSPS) is 14.7. The Morgan fingerprint density at radius 1 is 1.17 bits per heavy atom. The van der Waals surface area contributed by atoms with Crippen LogP contribution in [0.3, 0.4) is 0 Å². The number of ether oxygens (including phenoxy) is 2. The smallest absolute Gasteiger partial charge is 0.159 e. The maximum absolute atomic E-state index is 10.3. The quantitative estimate of drug-likeness (QED) is 0.723. The summed E-state index contributed by atoms with van der Waals surface area (Å²) in [4.78, 5) is 0. The monoisotopic (exact) mass is 252 g/mol. The number of methoxy groups -OCH3 is 2. The van der Waals surface area contributed by atoms with Crippen LogP contribution in [0.4, 0.5) is 0 Å². The van der Waals surface area contributed by atoms with E-state index >= 15 is 0 Å². The second-order valence-corrected chi connectivity index (χ2v) is 4.94. The minimum Gasteiger partial charge on any atom is -0.390 e. The standard InChI is InChI=1S/C15H24O3/c1-15(16,12-14(17-2)18-3)11-7-10-13-8-5-4-6-9-13/h4-6,8-9,14,16H,7,10-12H2,1-3H3. The van der Waals surface area contributed by atoms with E-state index < -0.39 is 5.60 Å². The molecule has 0 aromatic heterocycles. The summed E-state index contributed by atoms with van der Waals surface area (Å²) in [5.74, 6) is 0. The van der Waals surface area contributed by atoms with Gasteiger partial charge in [-0.05, 0) is 31.7 Å². The zero-order valence-corrected chi connectivity index (χ0v) is 11.6. The average Bonchev–Trinajstić information content (AvgIpc) is 2.37. The zero-order chi connectivity index (χ0) is 13.4. The summed E-state index contributed by atoms with van der Waals surface area (Å²) in [5.41, 5.74) is 0.564. The third kappa shape index (κ3) is 5.63. The van der Waals surface area contributed by atoms with Crippen molar-refractivity contribution in [1.29, 1.82) is 0 Å². The maximum atomic E-state index is 10.3. The third-order valence-electron chi connectivity index (χ3n) is 3.16. The lowest BCUT2D eigenvalue weighted by Crippen LogP contribution is -2.31. The van der Waals surface area contributed by atoms with Gasteiger partial charge in [-0.2, -0.15) is 0 Å². The molecule has 0 fully saturated rings. The van der Waals surface area contributed by atoms with Crippen LogP contribution in [-0.2, 0) is 15.9 Å². The van der Waals surface area contributed by atoms with Gasteiger partial charge in [0.1, 0.15) is 0 Å². The molecule has 0 amide bonds. The first-order chi connectivity index (χ1) is 8.57. The molecule has 1 rings (SSSR count). The van der Waals surface area contributed by atoms with Crippen molar-refractivity contribution in [3.8, 4) is 0 Å². The van der Waals surface area contributed by atoms with Crippen LogP contribution in [0.5, 0.6) is 0 Å². The Morgan fingerprint density at radius 2 is 1.78 bits per heavy atom. The molecule has 102 valence electrons. The predicted octanol–water partition coefficient (Wildman–Crippen LogP) is 2.77. The minimum absolute atomic E-state index is 0.336. The molecular formula is C15H24O3. The SMILES string of the molecule is COC(CC(C)(O)CCCc1ccccc1)OC. The van der Waals surface area contributed by atoms with Gasteiger partial charge >= 0.3 is 0 Å². The molecule has 0 saturated carbocycles. The summed E-state index contributed by atoms with van der Waals surface area (Å²) < 4.78 is 10.2. The number of rotatable bonds is 8. The Morgan fingerprint density at radius 3 is 2.33 bits per heavy atom. The maximum Gasteiger partial charge on any atom is 0.159 e. The lowest BCUT2D eigenvalue weighted by Gasteiger charge is -2.27. The van der Waals surface area contributed by atoms with Crippen LogP contribution in [0.25, 0.3) is 0 Å². The van der Waals surface area contributed by atoms with E-state index in [0.29, 0.717) is 6.42 Å². The Labute approximate surface area is 110 Å². The van der Waals surface area contributed by atoms with E-state index in [1.807, 2.05) is 25.1 Å². The Bertz CT molecular complexity index is 318. The first-order valence-corrected chi connectivity index (χ1v) is 6.39. The van der Waals surface area contributed by atoms with Crippen LogP contribution in [0.1, 0.15) is 31.7 Å². The van der Waals surface area contributed by atoms with Crippen LogP contribution in [0, 0.1) is 0 Å². The largest absolute Gasteiger partial charge is 0.390 e. The van der Waals surface area contributed by atoms with E-state index in [2.05, 4.69) is 12.1 Å². The lowest BCUT2D eigenvalue weighted by atomic mass is 9.93. The van der Waals surface area contributed by atoms with Crippen LogP contribution in [0.15, 0.2) is 30.3 Å². The van der Waals surface area contributed by atoms with E-state index in [9.17, 15) is 5.11 Å². The van der Waals surface area contributed by atoms with Crippen molar-refractivity contribution in [2.45, 2.75) is 44.5 Å². The highest BCUT2D eigenvalue weighted by Crippen LogP contribution is 2.21. The Hall–Kier alpha value is -0.900. The van der Waals surface area contributed by atoms with Crippen LogP contribution >= 0.6 is 0 Å². The number of hydrogen-bond donors (Lipinski definition) is 1. The summed E-state index contributed by atoms with van der Waals surface area (Å²) in [6, 6.07) is 10.3. The molecule has 1 atom stereocenters. The van der Waals surface area contributed by atoms with Gasteiger partial charge in [-0.15, -0.1) is 0 Å². The molecule has 0 aliphatic heterocycles. The third-order valence-corrected chi connectivity index (χ3v) is 3.16. The molecule has 0 bridgehead atoms. The molecule has 3 nitrogen and oxygen atoms in total. The first-order valence-electron chi connectivity index (χ1n) is 6.39. The van der Waals surface area contributed by atoms with Crippen molar-refractivity contribution in [3.05, 3.63) is 35.9 Å². The lowest BCUT2D eigenvalue weighted by molar-refractivity contribution is -0.141. The van der Waals surface area contributed by atoms with Gasteiger partial charge in [0, 0.05) is 20.6 Å². The van der Waals surface area contributed by atoms with Gasteiger partial charge in [-0.25, -0.2) is 0 Å². The number of benzene rings is 1. The van der Waals surface area contributed by atoms with Gasteiger partial charge < -0.3 is 14.6 Å². The van der Waals surface area contributed by atoms with Crippen molar-refractivity contribution in [3.63, 3.8) is 0 Å². The number of hydrogen-bond acceptors (Lipinski definition) is 3. The molecule has 18 heavy (non-hydrogen) atoms.